The molecule has 2 rings (SSSR count). The van der Waals surface area contributed by atoms with Crippen LogP contribution in [0.1, 0.15) is 52.9 Å². The van der Waals surface area contributed by atoms with Crippen molar-refractivity contribution in [1.82, 2.24) is 5.32 Å². The third-order valence-corrected chi connectivity index (χ3v) is 4.57. The van der Waals surface area contributed by atoms with Crippen molar-refractivity contribution in [2.75, 3.05) is 11.9 Å². The molecule has 1 aromatic rings. The summed E-state index contributed by atoms with van der Waals surface area (Å²) >= 11 is 0. The van der Waals surface area contributed by atoms with Crippen LogP contribution in [-0.2, 0) is 0 Å². The number of aromatic hydroxyl groups is 1. The fourth-order valence-corrected chi connectivity index (χ4v) is 2.97. The number of guanidine groups is 1. The summed E-state index contributed by atoms with van der Waals surface area (Å²) in [5, 5.41) is 16.8. The van der Waals surface area contributed by atoms with E-state index in [4.69, 9.17) is 4.99 Å². The van der Waals surface area contributed by atoms with Crippen LogP contribution in [0.25, 0.3) is 0 Å². The predicted octanol–water partition coefficient (Wildman–Crippen LogP) is 4.37. The average molecular weight is 317 g/mol. The third kappa shape index (κ3) is 5.77. The van der Waals surface area contributed by atoms with Crippen LogP contribution in [-0.4, -0.2) is 23.7 Å². The van der Waals surface area contributed by atoms with Crippen LogP contribution in [0.15, 0.2) is 29.3 Å². The van der Waals surface area contributed by atoms with Gasteiger partial charge in [0.25, 0.3) is 0 Å². The molecule has 4 nitrogen and oxygen atoms in total. The summed E-state index contributed by atoms with van der Waals surface area (Å²) < 4.78 is 0. The molecule has 0 aliphatic heterocycles. The normalized spacial score (nSPS) is 22.2. The number of rotatable bonds is 5. The van der Waals surface area contributed by atoms with E-state index < -0.39 is 0 Å². The molecule has 0 saturated heterocycles. The number of hydrogen-bond donors (Lipinski definition) is 3. The second kappa shape index (κ2) is 8.80. The molecule has 0 radical (unpaired) electrons. The molecule has 1 aliphatic rings. The number of aliphatic imine (C=N–C) groups is 1. The van der Waals surface area contributed by atoms with E-state index in [2.05, 4.69) is 31.4 Å². The van der Waals surface area contributed by atoms with Gasteiger partial charge in [-0.25, -0.2) is 0 Å². The number of nitrogens with one attached hydrogen (secondary N) is 2. The Morgan fingerprint density at radius 2 is 2.00 bits per heavy atom. The minimum Gasteiger partial charge on any atom is -0.506 e. The summed E-state index contributed by atoms with van der Waals surface area (Å²) in [6, 6.07) is 7.76. The first-order valence-corrected chi connectivity index (χ1v) is 8.92. The van der Waals surface area contributed by atoms with Gasteiger partial charge in [-0.1, -0.05) is 45.7 Å². The maximum Gasteiger partial charge on any atom is 0.196 e. The van der Waals surface area contributed by atoms with Gasteiger partial charge < -0.3 is 15.7 Å². The Balaban J connectivity index is 2.06. The van der Waals surface area contributed by atoms with Gasteiger partial charge in [0.05, 0.1) is 5.69 Å². The zero-order valence-electron chi connectivity index (χ0n) is 14.7. The van der Waals surface area contributed by atoms with Crippen molar-refractivity contribution < 1.29 is 5.11 Å². The monoisotopic (exact) mass is 317 g/mol. The summed E-state index contributed by atoms with van der Waals surface area (Å²) in [5.41, 5.74) is 0.701. The molecule has 0 spiro atoms. The van der Waals surface area contributed by atoms with Crippen LogP contribution >= 0.6 is 0 Å². The van der Waals surface area contributed by atoms with Crippen molar-refractivity contribution >= 4 is 11.6 Å². The zero-order chi connectivity index (χ0) is 16.7. The van der Waals surface area contributed by atoms with Crippen LogP contribution in [0, 0.1) is 11.8 Å². The lowest BCUT2D eigenvalue weighted by atomic mass is 9.86. The SMILES string of the molecule is CC(C)CCN=C(Nc1ccccc1O)NC1CCCCC1C. The number of phenols is 1. The Morgan fingerprint density at radius 3 is 2.70 bits per heavy atom. The topological polar surface area (TPSA) is 56.7 Å². The summed E-state index contributed by atoms with van der Waals surface area (Å²) in [6.45, 7) is 7.52. The van der Waals surface area contributed by atoms with Gasteiger partial charge in [0, 0.05) is 12.6 Å². The Labute approximate surface area is 140 Å². The van der Waals surface area contributed by atoms with E-state index >= 15 is 0 Å². The molecule has 0 aromatic heterocycles. The number of phenolic OH excluding ortho intramolecular Hbond substituents is 1. The molecule has 4 heteroatoms. The van der Waals surface area contributed by atoms with Gasteiger partial charge in [0.1, 0.15) is 5.75 Å². The maximum atomic E-state index is 9.99. The second-order valence-corrected chi connectivity index (χ2v) is 7.07. The minimum absolute atomic E-state index is 0.252. The highest BCUT2D eigenvalue weighted by atomic mass is 16.3. The van der Waals surface area contributed by atoms with Crippen molar-refractivity contribution in [2.45, 2.75) is 58.9 Å². The molecule has 3 N–H and O–H groups in total. The molecule has 0 heterocycles. The molecule has 0 amide bonds. The van der Waals surface area contributed by atoms with Crippen LogP contribution in [0.4, 0.5) is 5.69 Å². The smallest absolute Gasteiger partial charge is 0.196 e. The quantitative estimate of drug-likeness (QED) is 0.429. The second-order valence-electron chi connectivity index (χ2n) is 7.07. The van der Waals surface area contributed by atoms with Crippen molar-refractivity contribution in [3.63, 3.8) is 0 Å². The highest BCUT2D eigenvalue weighted by molar-refractivity contribution is 5.95. The van der Waals surface area contributed by atoms with E-state index in [9.17, 15) is 5.11 Å². The van der Waals surface area contributed by atoms with Gasteiger partial charge in [0.2, 0.25) is 0 Å². The summed E-state index contributed by atoms with van der Waals surface area (Å²) in [5.74, 6) is 2.33. The predicted molar refractivity (Wildman–Crippen MR) is 98.0 cm³/mol. The van der Waals surface area contributed by atoms with Gasteiger partial charge in [-0.15, -0.1) is 0 Å². The molecule has 128 valence electrons. The number of hydrogen-bond acceptors (Lipinski definition) is 2. The largest absolute Gasteiger partial charge is 0.506 e. The van der Waals surface area contributed by atoms with Gasteiger partial charge in [-0.2, -0.15) is 0 Å². The van der Waals surface area contributed by atoms with Gasteiger partial charge in [-0.05, 0) is 43.2 Å². The van der Waals surface area contributed by atoms with Crippen molar-refractivity contribution in [1.29, 1.82) is 0 Å². The molecular formula is C19H31N3O. The highest BCUT2D eigenvalue weighted by Gasteiger charge is 2.22. The lowest BCUT2D eigenvalue weighted by molar-refractivity contribution is 0.308. The van der Waals surface area contributed by atoms with E-state index in [-0.39, 0.29) is 5.75 Å². The number of nitrogens with zero attached hydrogens (tertiary/aromatic N) is 1. The molecule has 1 aliphatic carbocycles. The Kier molecular flexibility index (Phi) is 6.75. The number of anilines is 1. The molecule has 1 saturated carbocycles. The lowest BCUT2D eigenvalue weighted by Gasteiger charge is -2.31. The van der Waals surface area contributed by atoms with E-state index in [1.54, 1.807) is 6.07 Å². The first-order chi connectivity index (χ1) is 11.1. The molecule has 0 bridgehead atoms. The van der Waals surface area contributed by atoms with E-state index in [1.807, 2.05) is 18.2 Å². The Hall–Kier alpha value is -1.71. The van der Waals surface area contributed by atoms with E-state index in [0.717, 1.165) is 18.9 Å². The maximum absolute atomic E-state index is 9.99. The standard InChI is InChI=1S/C19H31N3O/c1-14(2)12-13-20-19(21-16-9-5-4-8-15(16)3)22-17-10-6-7-11-18(17)23/h6-7,10-11,14-16,23H,4-5,8-9,12-13H2,1-3H3,(H2,20,21,22). The van der Waals surface area contributed by atoms with Gasteiger partial charge in [0.15, 0.2) is 5.96 Å². The van der Waals surface area contributed by atoms with Crippen LogP contribution in [0.5, 0.6) is 5.75 Å². The molecule has 2 atom stereocenters. The van der Waals surface area contributed by atoms with Crippen molar-refractivity contribution in [2.24, 2.45) is 16.8 Å². The van der Waals surface area contributed by atoms with E-state index in [0.29, 0.717) is 23.6 Å². The third-order valence-electron chi connectivity index (χ3n) is 4.57. The molecule has 1 fully saturated rings. The van der Waals surface area contributed by atoms with Gasteiger partial charge in [-0.3, -0.25) is 4.99 Å². The fourth-order valence-electron chi connectivity index (χ4n) is 2.97. The van der Waals surface area contributed by atoms with E-state index in [1.165, 1.54) is 25.7 Å². The average Bonchev–Trinajstić information content (AvgIpc) is 2.51. The molecule has 23 heavy (non-hydrogen) atoms. The number of benzene rings is 1. The van der Waals surface area contributed by atoms with Gasteiger partial charge >= 0.3 is 0 Å². The Morgan fingerprint density at radius 1 is 1.26 bits per heavy atom. The van der Waals surface area contributed by atoms with Crippen LogP contribution in [0.2, 0.25) is 0 Å². The van der Waals surface area contributed by atoms with Crippen molar-refractivity contribution in [3.05, 3.63) is 24.3 Å². The molecule has 2 unspecified atom stereocenters. The Bertz CT molecular complexity index is 513. The fraction of sp³-hybridized carbons (Fsp3) is 0.632. The molecular weight excluding hydrogens is 286 g/mol. The van der Waals surface area contributed by atoms with Crippen molar-refractivity contribution in [3.8, 4) is 5.75 Å². The first kappa shape index (κ1) is 17.6. The van der Waals surface area contributed by atoms with Crippen LogP contribution in [0.3, 0.4) is 0 Å². The summed E-state index contributed by atoms with van der Waals surface area (Å²) in [6.07, 6.45) is 6.12. The number of para-hydroxylation sites is 2. The lowest BCUT2D eigenvalue weighted by Crippen LogP contribution is -2.44. The molecule has 1 aromatic carbocycles. The minimum atomic E-state index is 0.252. The summed E-state index contributed by atoms with van der Waals surface area (Å²) in [4.78, 5) is 4.71. The summed E-state index contributed by atoms with van der Waals surface area (Å²) in [7, 11) is 0. The first-order valence-electron chi connectivity index (χ1n) is 8.92. The zero-order valence-corrected chi connectivity index (χ0v) is 14.7. The van der Waals surface area contributed by atoms with Crippen LogP contribution < -0.4 is 10.6 Å². The highest BCUT2D eigenvalue weighted by Crippen LogP contribution is 2.25.